The second-order valence-corrected chi connectivity index (χ2v) is 6.62. The molecule has 3 rings (SSSR count). The zero-order valence-electron chi connectivity index (χ0n) is 12.7. The second-order valence-electron chi connectivity index (χ2n) is 5.41. The van der Waals surface area contributed by atoms with E-state index in [2.05, 4.69) is 11.4 Å². The molecular formula is C17H17NO4S. The molecule has 0 bridgehead atoms. The topological polar surface area (TPSA) is 79.5 Å². The summed E-state index contributed by atoms with van der Waals surface area (Å²) in [5.74, 6) is 0.605. The van der Waals surface area contributed by atoms with Gasteiger partial charge < -0.3 is 14.8 Å². The number of thioether (sulfide) groups is 1. The standard InChI is InChI=1S/C17H17NO4S/c1-10-14(17(20)21)8-12(22-10)9-18-16(19)15-13-5-3-2-4-11(13)6-7-23-15/h2-5,8,15H,6-7,9H2,1H3,(H,18,19)(H,20,21). The molecule has 0 aliphatic carbocycles. The van der Waals surface area contributed by atoms with Gasteiger partial charge in [-0.1, -0.05) is 24.3 Å². The second kappa shape index (κ2) is 6.50. The van der Waals surface area contributed by atoms with Gasteiger partial charge in [0.2, 0.25) is 5.91 Å². The zero-order valence-corrected chi connectivity index (χ0v) is 13.5. The summed E-state index contributed by atoms with van der Waals surface area (Å²) in [6, 6.07) is 9.44. The third-order valence-corrected chi connectivity index (χ3v) is 5.11. The summed E-state index contributed by atoms with van der Waals surface area (Å²) in [5.41, 5.74) is 2.41. The van der Waals surface area contributed by atoms with Crippen molar-refractivity contribution >= 4 is 23.6 Å². The smallest absolute Gasteiger partial charge is 0.339 e. The third-order valence-electron chi connectivity index (χ3n) is 3.87. The van der Waals surface area contributed by atoms with Crippen LogP contribution in [0.5, 0.6) is 0 Å². The molecular weight excluding hydrogens is 314 g/mol. The summed E-state index contributed by atoms with van der Waals surface area (Å²) in [4.78, 5) is 23.5. The lowest BCUT2D eigenvalue weighted by molar-refractivity contribution is -0.120. The summed E-state index contributed by atoms with van der Waals surface area (Å²) in [6.45, 7) is 1.79. The first kappa shape index (κ1) is 15.7. The first-order valence-electron chi connectivity index (χ1n) is 7.36. The Kier molecular flexibility index (Phi) is 4.43. The number of hydrogen-bond donors (Lipinski definition) is 2. The Balaban J connectivity index is 1.69. The van der Waals surface area contributed by atoms with Crippen LogP contribution in [0, 0.1) is 6.92 Å². The van der Waals surface area contributed by atoms with Crippen LogP contribution >= 0.6 is 11.8 Å². The summed E-state index contributed by atoms with van der Waals surface area (Å²) < 4.78 is 5.38. The molecule has 0 saturated heterocycles. The minimum Gasteiger partial charge on any atom is -0.478 e. The quantitative estimate of drug-likeness (QED) is 0.900. The van der Waals surface area contributed by atoms with Gasteiger partial charge in [-0.25, -0.2) is 4.79 Å². The minimum absolute atomic E-state index is 0.0759. The van der Waals surface area contributed by atoms with E-state index < -0.39 is 5.97 Å². The Morgan fingerprint density at radius 2 is 2.17 bits per heavy atom. The number of amides is 1. The van der Waals surface area contributed by atoms with E-state index in [-0.39, 0.29) is 23.3 Å². The summed E-state index contributed by atoms with van der Waals surface area (Å²) >= 11 is 1.63. The average molecular weight is 331 g/mol. The monoisotopic (exact) mass is 331 g/mol. The van der Waals surface area contributed by atoms with Crippen molar-refractivity contribution < 1.29 is 19.1 Å². The number of fused-ring (bicyclic) bond motifs is 1. The number of carbonyl (C=O) groups is 2. The van der Waals surface area contributed by atoms with Crippen molar-refractivity contribution in [1.29, 1.82) is 0 Å². The van der Waals surface area contributed by atoms with Crippen molar-refractivity contribution in [3.05, 3.63) is 58.5 Å². The number of hydrogen-bond acceptors (Lipinski definition) is 4. The summed E-state index contributed by atoms with van der Waals surface area (Å²) in [7, 11) is 0. The van der Waals surface area contributed by atoms with Crippen molar-refractivity contribution in [2.75, 3.05) is 5.75 Å². The average Bonchev–Trinajstić information content (AvgIpc) is 2.93. The zero-order chi connectivity index (χ0) is 16.4. The molecule has 5 nitrogen and oxygen atoms in total. The minimum atomic E-state index is -1.03. The van der Waals surface area contributed by atoms with E-state index in [9.17, 15) is 9.59 Å². The molecule has 6 heteroatoms. The van der Waals surface area contributed by atoms with Gasteiger partial charge in [-0.3, -0.25) is 4.79 Å². The van der Waals surface area contributed by atoms with Gasteiger partial charge in [0.25, 0.3) is 0 Å². The van der Waals surface area contributed by atoms with E-state index in [0.717, 1.165) is 17.7 Å². The molecule has 1 aliphatic rings. The lowest BCUT2D eigenvalue weighted by atomic mass is 10.0. The van der Waals surface area contributed by atoms with Gasteiger partial charge in [-0.2, -0.15) is 0 Å². The van der Waals surface area contributed by atoms with Crippen molar-refractivity contribution in [3.8, 4) is 0 Å². The molecule has 1 atom stereocenters. The highest BCUT2D eigenvalue weighted by Gasteiger charge is 2.27. The molecule has 2 aromatic rings. The van der Waals surface area contributed by atoms with E-state index in [1.807, 2.05) is 18.2 Å². The highest BCUT2D eigenvalue weighted by atomic mass is 32.2. The number of carboxylic acids is 1. The highest BCUT2D eigenvalue weighted by Crippen LogP contribution is 2.36. The Labute approximate surface area is 138 Å². The molecule has 2 N–H and O–H groups in total. The Hall–Kier alpha value is -2.21. The van der Waals surface area contributed by atoms with Gasteiger partial charge in [0, 0.05) is 0 Å². The Bertz CT molecular complexity index is 753. The molecule has 1 amide bonds. The molecule has 1 aromatic carbocycles. The summed E-state index contributed by atoms with van der Waals surface area (Å²) in [5, 5.41) is 11.6. The number of furan rings is 1. The van der Waals surface area contributed by atoms with Crippen molar-refractivity contribution in [2.24, 2.45) is 0 Å². The number of nitrogens with one attached hydrogen (secondary N) is 1. The van der Waals surface area contributed by atoms with Crippen molar-refractivity contribution in [2.45, 2.75) is 25.1 Å². The normalized spacial score (nSPS) is 16.7. The largest absolute Gasteiger partial charge is 0.478 e. The fourth-order valence-electron chi connectivity index (χ4n) is 2.72. The first-order valence-corrected chi connectivity index (χ1v) is 8.41. The van der Waals surface area contributed by atoms with E-state index in [1.54, 1.807) is 18.7 Å². The van der Waals surface area contributed by atoms with Crippen LogP contribution < -0.4 is 5.32 Å². The lowest BCUT2D eigenvalue weighted by Gasteiger charge is -2.24. The number of carbonyl (C=O) groups excluding carboxylic acids is 1. The van der Waals surface area contributed by atoms with Crippen molar-refractivity contribution in [1.82, 2.24) is 5.32 Å². The van der Waals surface area contributed by atoms with Gasteiger partial charge in [0.15, 0.2) is 0 Å². The number of rotatable bonds is 4. The van der Waals surface area contributed by atoms with Crippen LogP contribution in [0.1, 0.15) is 38.3 Å². The van der Waals surface area contributed by atoms with E-state index in [0.29, 0.717) is 11.5 Å². The van der Waals surface area contributed by atoms with Gasteiger partial charge >= 0.3 is 5.97 Å². The van der Waals surface area contributed by atoms with Crippen LogP contribution in [0.2, 0.25) is 0 Å². The molecule has 1 aromatic heterocycles. The van der Waals surface area contributed by atoms with Crippen LogP contribution in [0.25, 0.3) is 0 Å². The van der Waals surface area contributed by atoms with Crippen molar-refractivity contribution in [3.63, 3.8) is 0 Å². The summed E-state index contributed by atoms with van der Waals surface area (Å²) in [6.07, 6.45) is 0.976. The molecule has 0 radical (unpaired) electrons. The van der Waals surface area contributed by atoms with E-state index >= 15 is 0 Å². The molecule has 0 spiro atoms. The molecule has 0 fully saturated rings. The lowest BCUT2D eigenvalue weighted by Crippen LogP contribution is -2.29. The van der Waals surface area contributed by atoms with Crippen LogP contribution in [0.3, 0.4) is 0 Å². The molecule has 1 unspecified atom stereocenters. The van der Waals surface area contributed by atoms with Crippen LogP contribution in [-0.2, 0) is 17.8 Å². The van der Waals surface area contributed by atoms with Gasteiger partial charge in [-0.05, 0) is 36.3 Å². The maximum Gasteiger partial charge on any atom is 0.339 e. The maximum atomic E-state index is 12.5. The third kappa shape index (κ3) is 3.27. The molecule has 120 valence electrons. The number of aryl methyl sites for hydroxylation is 2. The SMILES string of the molecule is Cc1oc(CNC(=O)C2SCCc3ccccc32)cc1C(=O)O. The first-order chi connectivity index (χ1) is 11.1. The number of aromatic carboxylic acids is 1. The Morgan fingerprint density at radius 3 is 2.91 bits per heavy atom. The highest BCUT2D eigenvalue weighted by molar-refractivity contribution is 8.00. The Morgan fingerprint density at radius 1 is 1.39 bits per heavy atom. The van der Waals surface area contributed by atoms with Gasteiger partial charge in [0.1, 0.15) is 22.3 Å². The number of carboxylic acid groups (broad SMARTS) is 1. The van der Waals surface area contributed by atoms with E-state index in [1.165, 1.54) is 11.6 Å². The van der Waals surface area contributed by atoms with Crippen LogP contribution in [-0.4, -0.2) is 22.7 Å². The van der Waals surface area contributed by atoms with Gasteiger partial charge in [-0.15, -0.1) is 11.8 Å². The fourth-order valence-corrected chi connectivity index (χ4v) is 3.94. The predicted octanol–water partition coefficient (Wildman–Crippen LogP) is 2.93. The number of benzene rings is 1. The van der Waals surface area contributed by atoms with Gasteiger partial charge in [0.05, 0.1) is 6.54 Å². The molecule has 2 heterocycles. The molecule has 23 heavy (non-hydrogen) atoms. The fraction of sp³-hybridized carbons (Fsp3) is 0.294. The maximum absolute atomic E-state index is 12.5. The van der Waals surface area contributed by atoms with E-state index in [4.69, 9.17) is 9.52 Å². The molecule has 1 aliphatic heterocycles. The predicted molar refractivity (Wildman–Crippen MR) is 87.6 cm³/mol. The van der Waals surface area contributed by atoms with Crippen LogP contribution in [0.4, 0.5) is 0 Å². The molecule has 0 saturated carbocycles. The van der Waals surface area contributed by atoms with Crippen LogP contribution in [0.15, 0.2) is 34.7 Å².